The largest absolute Gasteiger partial charge is 0.471 e. The average molecular weight is 470 g/mol. The van der Waals surface area contributed by atoms with Gasteiger partial charge in [0.15, 0.2) is 0 Å². The van der Waals surface area contributed by atoms with Gasteiger partial charge in [-0.15, -0.1) is 0 Å². The fourth-order valence-corrected chi connectivity index (χ4v) is 1.82. The van der Waals surface area contributed by atoms with E-state index in [1.54, 1.807) is 6.92 Å². The molecule has 6 nitrogen and oxygen atoms in total. The zero-order chi connectivity index (χ0) is 14.6. The fourth-order valence-electron chi connectivity index (χ4n) is 0.719. The molecule has 0 aliphatic rings. The maximum Gasteiger partial charge on any atom is 0.344 e. The molecule has 10 heteroatoms. The van der Waals surface area contributed by atoms with Crippen molar-refractivity contribution in [3.63, 3.8) is 0 Å². The molecule has 0 heterocycles. The van der Waals surface area contributed by atoms with Crippen LogP contribution in [-0.4, -0.2) is 22.5 Å². The quantitative estimate of drug-likeness (QED) is 0.158. The molecule has 0 radical (unpaired) electrons. The van der Waals surface area contributed by atoms with E-state index in [0.29, 0.717) is 0 Å². The van der Waals surface area contributed by atoms with Gasteiger partial charge in [-0.05, 0) is 61.6 Å². The molecule has 0 N–H and O–H groups in total. The van der Waals surface area contributed by atoms with Crippen LogP contribution in [0.3, 0.4) is 0 Å². The van der Waals surface area contributed by atoms with Crippen LogP contribution >= 0.6 is 47.8 Å². The molecule has 0 amide bonds. The first-order chi connectivity index (χ1) is 8.06. The smallest absolute Gasteiger partial charge is 0.344 e. The molecule has 0 atom stereocenters. The number of ether oxygens (including phenoxy) is 1. The summed E-state index contributed by atoms with van der Waals surface area (Å²) in [5.74, 6) is -1.31. The Morgan fingerprint density at radius 1 is 1.39 bits per heavy atom. The molecule has 0 fully saturated rings. The normalized spacial score (nSPS) is 13.3. The Bertz CT molecular complexity index is 500. The van der Waals surface area contributed by atoms with Gasteiger partial charge in [-0.25, -0.2) is 4.85 Å². The van der Waals surface area contributed by atoms with Crippen LogP contribution in [0.4, 0.5) is 0 Å². The highest BCUT2D eigenvalue weighted by atomic mass is 80.0. The van der Waals surface area contributed by atoms with E-state index in [9.17, 15) is 13.2 Å². The van der Waals surface area contributed by atoms with Gasteiger partial charge < -0.3 is 8.92 Å². The summed E-state index contributed by atoms with van der Waals surface area (Å²) in [5, 5.41) is 0. The summed E-state index contributed by atoms with van der Waals surface area (Å²) in [4.78, 5) is 14.2. The third kappa shape index (κ3) is 4.87. The van der Waals surface area contributed by atoms with E-state index in [4.69, 9.17) is 6.57 Å². The molecule has 0 unspecified atom stereocenters. The van der Waals surface area contributed by atoms with Gasteiger partial charge in [-0.2, -0.15) is 8.42 Å². The van der Waals surface area contributed by atoms with Crippen molar-refractivity contribution in [1.29, 1.82) is 0 Å². The second kappa shape index (κ2) is 6.88. The molecule has 18 heavy (non-hydrogen) atoms. The molecule has 0 saturated carbocycles. The van der Waals surface area contributed by atoms with Gasteiger partial charge >= 0.3 is 21.8 Å². The summed E-state index contributed by atoms with van der Waals surface area (Å²) in [6.45, 7) is 9.63. The van der Waals surface area contributed by atoms with Gasteiger partial charge in [0.05, 0.1) is 13.2 Å². The first kappa shape index (κ1) is 17.9. The molecule has 0 aromatic carbocycles. The van der Waals surface area contributed by atoms with Crippen molar-refractivity contribution >= 4 is 63.9 Å². The van der Waals surface area contributed by atoms with Gasteiger partial charge in [-0.3, -0.25) is 4.79 Å². The predicted octanol–water partition coefficient (Wildman–Crippen LogP) is 2.84. The number of alkyl halides is 3. The van der Waals surface area contributed by atoms with E-state index >= 15 is 0 Å². The van der Waals surface area contributed by atoms with E-state index in [0.717, 1.165) is 0 Å². The molecule has 0 aromatic heterocycles. The van der Waals surface area contributed by atoms with Crippen LogP contribution in [0.25, 0.3) is 4.85 Å². The van der Waals surface area contributed by atoms with Gasteiger partial charge in [0.25, 0.3) is 1.47 Å². The zero-order valence-corrected chi connectivity index (χ0v) is 14.8. The van der Waals surface area contributed by atoms with Gasteiger partial charge in [0, 0.05) is 0 Å². The van der Waals surface area contributed by atoms with Crippen molar-refractivity contribution in [3.8, 4) is 0 Å². The number of allylic oxidation sites excluding steroid dienone is 1. The van der Waals surface area contributed by atoms with E-state index < -0.39 is 23.3 Å². The van der Waals surface area contributed by atoms with Crippen LogP contribution in [0.15, 0.2) is 11.5 Å². The van der Waals surface area contributed by atoms with E-state index in [1.165, 1.54) is 6.92 Å². The minimum Gasteiger partial charge on any atom is -0.471 e. The number of hydrogen-bond acceptors (Lipinski definition) is 5. The minimum absolute atomic E-state index is 0.0666. The third-order valence-electron chi connectivity index (χ3n) is 1.43. The lowest BCUT2D eigenvalue weighted by Gasteiger charge is -2.15. The van der Waals surface area contributed by atoms with Gasteiger partial charge in [0.2, 0.25) is 0 Å². The maximum absolute atomic E-state index is 11.6. The molecule has 0 bridgehead atoms. The third-order valence-corrected chi connectivity index (χ3v) is 6.04. The molecule has 0 rings (SSSR count). The summed E-state index contributed by atoms with van der Waals surface area (Å²) in [6, 6.07) is 0. The Morgan fingerprint density at radius 2 is 1.89 bits per heavy atom. The average Bonchev–Trinajstić information content (AvgIpc) is 2.16. The van der Waals surface area contributed by atoms with Crippen LogP contribution in [0.1, 0.15) is 13.8 Å². The lowest BCUT2D eigenvalue weighted by atomic mass is 10.4. The van der Waals surface area contributed by atoms with Crippen molar-refractivity contribution in [1.82, 2.24) is 0 Å². The predicted molar refractivity (Wildman–Crippen MR) is 75.5 cm³/mol. The highest BCUT2D eigenvalue weighted by Crippen LogP contribution is 2.41. The summed E-state index contributed by atoms with van der Waals surface area (Å²) < 4.78 is 30.7. The van der Waals surface area contributed by atoms with Crippen LogP contribution in [0.2, 0.25) is 0 Å². The number of halogens is 3. The maximum atomic E-state index is 11.6. The summed E-state index contributed by atoms with van der Waals surface area (Å²) in [5.41, 5.74) is -0.530. The lowest BCUT2D eigenvalue weighted by Crippen LogP contribution is -2.21. The Balaban J connectivity index is 5.33. The standard InChI is InChI=1S/C8H8Br3NO5S/c1-4-16-7(13)6(12-3)5(2)17-18(14,15)8(9,10)11/h4H2,1-2H3/b6-5+. The number of nitrogens with zero attached hydrogens (tertiary/aromatic N) is 1. The van der Waals surface area contributed by atoms with Crippen molar-refractivity contribution in [2.24, 2.45) is 0 Å². The van der Waals surface area contributed by atoms with Crippen molar-refractivity contribution in [2.75, 3.05) is 6.61 Å². The summed E-state index contributed by atoms with van der Waals surface area (Å²) >= 11 is 8.31. The lowest BCUT2D eigenvalue weighted by molar-refractivity contribution is -0.138. The van der Waals surface area contributed by atoms with E-state index in [1.807, 2.05) is 0 Å². The second-order valence-corrected chi connectivity index (χ2v) is 12.7. The SMILES string of the molecule is [C-]#[N+]/C(C(=O)OCC)=C(\C)OS(=O)(=O)C(Br)(Br)Br. The highest BCUT2D eigenvalue weighted by molar-refractivity contribution is 9.42. The molecule has 0 saturated heterocycles. The van der Waals surface area contributed by atoms with Gasteiger partial charge in [0.1, 0.15) is 5.76 Å². The molecule has 0 aromatic rings. The fraction of sp³-hybridized carbons (Fsp3) is 0.500. The van der Waals surface area contributed by atoms with Crippen molar-refractivity contribution in [2.45, 2.75) is 15.3 Å². The van der Waals surface area contributed by atoms with Crippen molar-refractivity contribution < 1.29 is 22.1 Å². The minimum atomic E-state index is -4.16. The van der Waals surface area contributed by atoms with E-state index in [-0.39, 0.29) is 12.4 Å². The summed E-state index contributed by atoms with van der Waals surface area (Å²) in [7, 11) is -4.16. The Kier molecular flexibility index (Phi) is 6.84. The molecule has 102 valence electrons. The summed E-state index contributed by atoms with van der Waals surface area (Å²) in [6.07, 6.45) is 0. The number of esters is 1. The zero-order valence-electron chi connectivity index (χ0n) is 9.24. The molecular weight excluding hydrogens is 462 g/mol. The van der Waals surface area contributed by atoms with Crippen molar-refractivity contribution in [3.05, 3.63) is 22.9 Å². The first-order valence-corrected chi connectivity index (χ1v) is 8.11. The number of hydrogen-bond donors (Lipinski definition) is 0. The van der Waals surface area contributed by atoms with Crippen LogP contribution in [-0.2, 0) is 23.8 Å². The number of rotatable bonds is 4. The monoisotopic (exact) mass is 467 g/mol. The Hall–Kier alpha value is -0.110. The van der Waals surface area contributed by atoms with Gasteiger partial charge in [-0.1, -0.05) is 0 Å². The topological polar surface area (TPSA) is 74.0 Å². The first-order valence-electron chi connectivity index (χ1n) is 4.33. The number of carbonyl (C=O) groups is 1. The Labute approximate surface area is 130 Å². The van der Waals surface area contributed by atoms with E-state index in [2.05, 4.69) is 61.6 Å². The molecule has 0 spiro atoms. The second-order valence-electron chi connectivity index (χ2n) is 2.72. The number of carbonyl (C=O) groups excluding carboxylic acids is 1. The van der Waals surface area contributed by atoms with Crippen LogP contribution in [0.5, 0.6) is 0 Å². The Morgan fingerprint density at radius 3 is 2.22 bits per heavy atom. The molecule has 0 aliphatic carbocycles. The van der Waals surface area contributed by atoms with Crippen LogP contribution < -0.4 is 0 Å². The molecular formula is C8H8Br3NO5S. The highest BCUT2D eigenvalue weighted by Gasteiger charge is 2.39. The molecule has 0 aliphatic heterocycles. The van der Waals surface area contributed by atoms with Crippen LogP contribution in [0, 0.1) is 6.57 Å².